The molecule has 0 saturated heterocycles. The van der Waals surface area contributed by atoms with Gasteiger partial charge >= 0.3 is 29.6 Å². The van der Waals surface area contributed by atoms with Crippen LogP contribution in [0, 0.1) is 0 Å². The third-order valence-corrected chi connectivity index (χ3v) is 0. The van der Waals surface area contributed by atoms with Crippen LogP contribution in [-0.4, -0.2) is 7.05 Å². The Morgan fingerprint density at radius 1 is 1.25 bits per heavy atom. The Hall–Kier alpha value is 0.920. The fourth-order valence-electron chi connectivity index (χ4n) is 0. The van der Waals surface area contributed by atoms with Crippen LogP contribution in [0.4, 0.5) is 0 Å². The van der Waals surface area contributed by atoms with Gasteiger partial charge in [0.2, 0.25) is 0 Å². The third-order valence-electron chi connectivity index (χ3n) is 0. The van der Waals surface area contributed by atoms with Gasteiger partial charge in [-0.05, 0) is 7.05 Å². The van der Waals surface area contributed by atoms with E-state index in [9.17, 15) is 0 Å². The number of hydrogen-bond donors (Lipinski definition) is 2. The molecular weight excluding hydrogens is 63.0 g/mol. The van der Waals surface area contributed by atoms with E-state index in [1.807, 2.05) is 0 Å². The monoisotopic (exact) mass is 71.1 g/mol. The Morgan fingerprint density at radius 3 is 1.25 bits per heavy atom. The minimum atomic E-state index is 0. The Balaban J connectivity index is -0.00000000500. The predicted octanol–water partition coefficient (Wildman–Crippen LogP) is -3.26. The van der Waals surface area contributed by atoms with Gasteiger partial charge in [-0.3, -0.25) is 0 Å². The molecule has 0 spiro atoms. The quantitative estimate of drug-likeness (QED) is 0.294. The molecule has 0 unspecified atom stereocenters. The zero-order valence-corrected chi connectivity index (χ0v) is 5.28. The second kappa shape index (κ2) is 39.5. The molecule has 22 valence electrons. The summed E-state index contributed by atoms with van der Waals surface area (Å²) >= 11 is 0. The second-order valence-electron chi connectivity index (χ2n) is 0. The van der Waals surface area contributed by atoms with Crippen molar-refractivity contribution in [1.29, 1.82) is 0 Å². The first-order valence-electron chi connectivity index (χ1n) is 0.577. The van der Waals surface area contributed by atoms with Crippen LogP contribution >= 0.6 is 0 Å². The molecule has 0 aliphatic carbocycles. The van der Waals surface area contributed by atoms with Gasteiger partial charge < -0.3 is 11.9 Å². The van der Waals surface area contributed by atoms with E-state index in [1.165, 1.54) is 7.05 Å². The van der Waals surface area contributed by atoms with Crippen LogP contribution in [0.25, 0.3) is 0 Å². The summed E-state index contributed by atoms with van der Waals surface area (Å²) in [4.78, 5) is 0. The first-order valence-corrected chi connectivity index (χ1v) is 0.577. The van der Waals surface area contributed by atoms with Crippen LogP contribution < -0.4 is 41.4 Å². The Morgan fingerprint density at radius 2 is 1.25 bits per heavy atom. The predicted molar refractivity (Wildman–Crippen MR) is 15.1 cm³/mol. The zero-order chi connectivity index (χ0) is 2.00. The smallest absolute Gasteiger partial charge is 0.344 e. The van der Waals surface area contributed by atoms with Crippen LogP contribution in [0.1, 0.15) is 0 Å². The SMILES string of the molecule is CN.N.[Na+]. The van der Waals surface area contributed by atoms with Crippen molar-refractivity contribution in [3.05, 3.63) is 0 Å². The molecule has 0 aromatic carbocycles. The van der Waals surface area contributed by atoms with E-state index in [0.717, 1.165) is 0 Å². The maximum Gasteiger partial charge on any atom is 1.00 e. The standard InChI is InChI=1S/CH5N.H3N.Na/c1-2;;/h2H2,1H3;1H3;/q;;+1. The number of hydrogen-bond acceptors (Lipinski definition) is 2. The van der Waals surface area contributed by atoms with Gasteiger partial charge in [0.15, 0.2) is 0 Å². The van der Waals surface area contributed by atoms with Crippen molar-refractivity contribution in [3.8, 4) is 0 Å². The molecule has 3 heteroatoms. The van der Waals surface area contributed by atoms with Gasteiger partial charge in [-0.15, -0.1) is 0 Å². The summed E-state index contributed by atoms with van der Waals surface area (Å²) in [5.74, 6) is 0. The molecule has 0 aliphatic rings. The molecule has 0 aromatic heterocycles. The summed E-state index contributed by atoms with van der Waals surface area (Å²) in [5, 5.41) is 0. The molecule has 5 N–H and O–H groups in total. The average Bonchev–Trinajstić information content (AvgIpc) is 1.00. The van der Waals surface area contributed by atoms with E-state index < -0.39 is 0 Å². The topological polar surface area (TPSA) is 61.0 Å². The normalized spacial score (nSPS) is 1.50. The maximum absolute atomic E-state index is 4.50. The van der Waals surface area contributed by atoms with E-state index in [1.54, 1.807) is 0 Å². The van der Waals surface area contributed by atoms with Crippen LogP contribution in [0.15, 0.2) is 0 Å². The molecule has 0 atom stereocenters. The molecule has 2 nitrogen and oxygen atoms in total. The van der Waals surface area contributed by atoms with E-state index in [2.05, 4.69) is 5.73 Å². The molecule has 0 aromatic rings. The molecule has 0 fully saturated rings. The minimum absolute atomic E-state index is 0. The van der Waals surface area contributed by atoms with Gasteiger partial charge in [-0.2, -0.15) is 0 Å². The van der Waals surface area contributed by atoms with Crippen LogP contribution in [-0.2, 0) is 0 Å². The summed E-state index contributed by atoms with van der Waals surface area (Å²) < 4.78 is 0. The Bertz CT molecular complexity index is 6.00. The van der Waals surface area contributed by atoms with E-state index in [4.69, 9.17) is 0 Å². The second-order valence-corrected chi connectivity index (χ2v) is 0. The largest absolute Gasteiger partial charge is 1.00 e. The van der Waals surface area contributed by atoms with E-state index >= 15 is 0 Å². The first kappa shape index (κ1) is 20.5. The number of rotatable bonds is 0. The van der Waals surface area contributed by atoms with Gasteiger partial charge in [-0.1, -0.05) is 0 Å². The molecule has 4 heavy (non-hydrogen) atoms. The van der Waals surface area contributed by atoms with Gasteiger partial charge in [0.1, 0.15) is 0 Å². The summed E-state index contributed by atoms with van der Waals surface area (Å²) in [5.41, 5.74) is 4.50. The van der Waals surface area contributed by atoms with Crippen molar-refractivity contribution in [2.75, 3.05) is 7.05 Å². The Kier molecular flexibility index (Phi) is 202. The van der Waals surface area contributed by atoms with Crippen molar-refractivity contribution in [1.82, 2.24) is 6.15 Å². The summed E-state index contributed by atoms with van der Waals surface area (Å²) in [6.07, 6.45) is 0. The van der Waals surface area contributed by atoms with Crippen LogP contribution in [0.5, 0.6) is 0 Å². The van der Waals surface area contributed by atoms with Crippen molar-refractivity contribution < 1.29 is 29.6 Å². The van der Waals surface area contributed by atoms with E-state index in [0.29, 0.717) is 0 Å². The van der Waals surface area contributed by atoms with Crippen molar-refractivity contribution in [2.24, 2.45) is 5.73 Å². The van der Waals surface area contributed by atoms with Gasteiger partial charge in [0.05, 0.1) is 0 Å². The molecule has 0 heterocycles. The van der Waals surface area contributed by atoms with E-state index in [-0.39, 0.29) is 35.7 Å². The molecule has 0 bridgehead atoms. The minimum Gasteiger partial charge on any atom is -0.344 e. The van der Waals surface area contributed by atoms with Crippen molar-refractivity contribution in [2.45, 2.75) is 0 Å². The van der Waals surface area contributed by atoms with Crippen molar-refractivity contribution >= 4 is 0 Å². The molecular formula is CH8N2Na+. The van der Waals surface area contributed by atoms with Gasteiger partial charge in [0, 0.05) is 0 Å². The summed E-state index contributed by atoms with van der Waals surface area (Å²) in [6, 6.07) is 0. The molecule has 0 radical (unpaired) electrons. The summed E-state index contributed by atoms with van der Waals surface area (Å²) in [7, 11) is 1.50. The summed E-state index contributed by atoms with van der Waals surface area (Å²) in [6.45, 7) is 0. The number of nitrogens with two attached hydrogens (primary N) is 1. The van der Waals surface area contributed by atoms with Gasteiger partial charge in [0.25, 0.3) is 0 Å². The molecule has 0 amide bonds. The average molecular weight is 71.1 g/mol. The van der Waals surface area contributed by atoms with Crippen molar-refractivity contribution in [3.63, 3.8) is 0 Å². The fraction of sp³-hybridized carbons (Fsp3) is 1.00. The fourth-order valence-corrected chi connectivity index (χ4v) is 0. The van der Waals surface area contributed by atoms with Gasteiger partial charge in [-0.25, -0.2) is 0 Å². The maximum atomic E-state index is 4.50. The molecule has 0 aliphatic heterocycles. The molecule has 0 rings (SSSR count). The molecule has 0 saturated carbocycles. The van der Waals surface area contributed by atoms with Crippen LogP contribution in [0.2, 0.25) is 0 Å². The third kappa shape index (κ3) is 12.7. The van der Waals surface area contributed by atoms with Crippen LogP contribution in [0.3, 0.4) is 0 Å². The zero-order valence-electron chi connectivity index (χ0n) is 3.28. The first-order chi connectivity index (χ1) is 1.00. The Labute approximate surface area is 48.6 Å².